The molecule has 0 saturated carbocycles. The summed E-state index contributed by atoms with van der Waals surface area (Å²) in [6.07, 6.45) is 0. The molecule has 0 aliphatic heterocycles. The maximum absolute atomic E-state index is 10.4. The number of fused-ring (bicyclic) bond motifs is 3. The topological polar surface area (TPSA) is 20.2 Å². The second kappa shape index (κ2) is 3.64. The van der Waals surface area contributed by atoms with Crippen molar-refractivity contribution in [3.63, 3.8) is 0 Å². The van der Waals surface area contributed by atoms with E-state index in [4.69, 9.17) is 0 Å². The fourth-order valence-electron chi connectivity index (χ4n) is 3.64. The Kier molecular flexibility index (Phi) is 1.90. The highest BCUT2D eigenvalue weighted by atomic mass is 16.3. The standard InChI is InChI=1S/C20H12O/c21-17-9-3-7-15-14-6-1-4-12-10-11-13-5-2-8-16(20(15)17)19(13)18(12)14/h1-11,21H. The monoisotopic (exact) mass is 268 g/mol. The highest BCUT2D eigenvalue weighted by molar-refractivity contribution is 6.34. The molecule has 0 aliphatic rings. The lowest BCUT2D eigenvalue weighted by atomic mass is 9.89. The van der Waals surface area contributed by atoms with E-state index in [-0.39, 0.29) is 0 Å². The summed E-state index contributed by atoms with van der Waals surface area (Å²) in [5.41, 5.74) is 0. The molecule has 1 nitrogen and oxygen atoms in total. The molecule has 0 heterocycles. The van der Waals surface area contributed by atoms with Gasteiger partial charge in [0.2, 0.25) is 0 Å². The maximum atomic E-state index is 10.4. The summed E-state index contributed by atoms with van der Waals surface area (Å²) in [4.78, 5) is 0. The van der Waals surface area contributed by atoms with Gasteiger partial charge in [-0.25, -0.2) is 0 Å². The van der Waals surface area contributed by atoms with Crippen molar-refractivity contribution in [1.29, 1.82) is 0 Å². The van der Waals surface area contributed by atoms with Crippen LogP contribution in [0.5, 0.6) is 5.75 Å². The third kappa shape index (κ3) is 1.26. The van der Waals surface area contributed by atoms with Gasteiger partial charge in [-0.15, -0.1) is 0 Å². The Morgan fingerprint density at radius 1 is 0.476 bits per heavy atom. The van der Waals surface area contributed by atoms with Gasteiger partial charge in [-0.2, -0.15) is 0 Å². The van der Waals surface area contributed by atoms with Crippen molar-refractivity contribution in [3.8, 4) is 5.75 Å². The summed E-state index contributed by atoms with van der Waals surface area (Å²) >= 11 is 0. The van der Waals surface area contributed by atoms with Crippen molar-refractivity contribution >= 4 is 43.1 Å². The molecule has 5 aromatic rings. The van der Waals surface area contributed by atoms with E-state index in [2.05, 4.69) is 54.6 Å². The van der Waals surface area contributed by atoms with Crippen LogP contribution in [0.3, 0.4) is 0 Å². The quantitative estimate of drug-likeness (QED) is 0.293. The molecule has 98 valence electrons. The minimum absolute atomic E-state index is 0.353. The van der Waals surface area contributed by atoms with Crippen molar-refractivity contribution < 1.29 is 5.11 Å². The molecule has 21 heavy (non-hydrogen) atoms. The second-order valence-corrected chi connectivity index (χ2v) is 5.57. The van der Waals surface area contributed by atoms with E-state index in [1.54, 1.807) is 6.07 Å². The molecule has 0 fully saturated rings. The molecule has 0 amide bonds. The molecule has 1 N–H and O–H groups in total. The number of phenols is 1. The van der Waals surface area contributed by atoms with Crippen molar-refractivity contribution in [1.82, 2.24) is 0 Å². The Labute approximate surface area is 121 Å². The molecule has 0 atom stereocenters. The molecule has 1 heteroatoms. The summed E-state index contributed by atoms with van der Waals surface area (Å²) in [7, 11) is 0. The van der Waals surface area contributed by atoms with Gasteiger partial charge in [0.1, 0.15) is 5.75 Å². The molecule has 0 aromatic heterocycles. The van der Waals surface area contributed by atoms with Gasteiger partial charge in [-0.3, -0.25) is 0 Å². The lowest BCUT2D eigenvalue weighted by molar-refractivity contribution is 0.482. The van der Waals surface area contributed by atoms with Crippen molar-refractivity contribution in [2.45, 2.75) is 0 Å². The Morgan fingerprint density at radius 2 is 1.00 bits per heavy atom. The molecular formula is C20H12O. The minimum Gasteiger partial charge on any atom is -0.507 e. The van der Waals surface area contributed by atoms with Gasteiger partial charge in [-0.05, 0) is 43.8 Å². The summed E-state index contributed by atoms with van der Waals surface area (Å²) < 4.78 is 0. The Balaban J connectivity index is 2.33. The van der Waals surface area contributed by atoms with E-state index >= 15 is 0 Å². The maximum Gasteiger partial charge on any atom is 0.124 e. The lowest BCUT2D eigenvalue weighted by Crippen LogP contribution is -1.86. The number of hydrogen-bond donors (Lipinski definition) is 1. The smallest absolute Gasteiger partial charge is 0.124 e. The van der Waals surface area contributed by atoms with Crippen LogP contribution < -0.4 is 0 Å². The van der Waals surface area contributed by atoms with Crippen LogP contribution >= 0.6 is 0 Å². The van der Waals surface area contributed by atoms with E-state index in [0.29, 0.717) is 5.75 Å². The number of phenolic OH excluding ortho intramolecular Hbond substituents is 1. The first-order valence-corrected chi connectivity index (χ1v) is 7.12. The van der Waals surface area contributed by atoms with E-state index in [0.717, 1.165) is 16.2 Å². The first-order valence-electron chi connectivity index (χ1n) is 7.12. The lowest BCUT2D eigenvalue weighted by Gasteiger charge is -2.14. The zero-order valence-corrected chi connectivity index (χ0v) is 11.3. The number of benzene rings is 5. The van der Waals surface area contributed by atoms with Crippen molar-refractivity contribution in [3.05, 3.63) is 66.7 Å². The van der Waals surface area contributed by atoms with Crippen LogP contribution in [0.25, 0.3) is 43.1 Å². The molecule has 0 aliphatic carbocycles. The third-order valence-electron chi connectivity index (χ3n) is 4.49. The van der Waals surface area contributed by atoms with Crippen LogP contribution in [0.15, 0.2) is 66.7 Å². The zero-order chi connectivity index (χ0) is 14.0. The third-order valence-corrected chi connectivity index (χ3v) is 4.49. The first kappa shape index (κ1) is 10.9. The van der Waals surface area contributed by atoms with E-state index < -0.39 is 0 Å². The van der Waals surface area contributed by atoms with E-state index in [1.165, 1.54) is 26.9 Å². The Morgan fingerprint density at radius 3 is 1.71 bits per heavy atom. The normalized spacial score (nSPS) is 12.0. The van der Waals surface area contributed by atoms with Crippen LogP contribution in [0, 0.1) is 0 Å². The fraction of sp³-hybridized carbons (Fsp3) is 0. The van der Waals surface area contributed by atoms with E-state index in [1.807, 2.05) is 6.07 Å². The van der Waals surface area contributed by atoms with Crippen LogP contribution in [-0.4, -0.2) is 5.11 Å². The molecule has 5 rings (SSSR count). The molecule has 0 saturated heterocycles. The second-order valence-electron chi connectivity index (χ2n) is 5.57. The first-order chi connectivity index (χ1) is 10.3. The fourth-order valence-corrected chi connectivity index (χ4v) is 3.64. The molecule has 0 unspecified atom stereocenters. The van der Waals surface area contributed by atoms with Crippen LogP contribution in [0.4, 0.5) is 0 Å². The predicted octanol–water partition coefficient (Wildman–Crippen LogP) is 5.44. The average Bonchev–Trinajstić information content (AvgIpc) is 2.53. The van der Waals surface area contributed by atoms with Crippen molar-refractivity contribution in [2.75, 3.05) is 0 Å². The highest BCUT2D eigenvalue weighted by Gasteiger charge is 2.14. The molecule has 0 bridgehead atoms. The van der Waals surface area contributed by atoms with Gasteiger partial charge >= 0.3 is 0 Å². The number of rotatable bonds is 0. The average molecular weight is 268 g/mol. The Hall–Kier alpha value is -2.80. The van der Waals surface area contributed by atoms with Gasteiger partial charge in [0.05, 0.1) is 0 Å². The summed E-state index contributed by atoms with van der Waals surface area (Å²) in [6, 6.07) is 22.8. The number of hydrogen-bond acceptors (Lipinski definition) is 1. The van der Waals surface area contributed by atoms with Crippen LogP contribution in [0.2, 0.25) is 0 Å². The summed E-state index contributed by atoms with van der Waals surface area (Å²) in [5.74, 6) is 0.353. The number of aromatic hydroxyl groups is 1. The van der Waals surface area contributed by atoms with Crippen molar-refractivity contribution in [2.24, 2.45) is 0 Å². The molecule has 0 radical (unpaired) electrons. The van der Waals surface area contributed by atoms with Gasteiger partial charge in [0, 0.05) is 5.39 Å². The van der Waals surface area contributed by atoms with Gasteiger partial charge in [0.25, 0.3) is 0 Å². The predicted molar refractivity (Wildman–Crippen MR) is 89.3 cm³/mol. The van der Waals surface area contributed by atoms with Crippen LogP contribution in [-0.2, 0) is 0 Å². The van der Waals surface area contributed by atoms with Gasteiger partial charge < -0.3 is 5.11 Å². The van der Waals surface area contributed by atoms with E-state index in [9.17, 15) is 5.11 Å². The summed E-state index contributed by atoms with van der Waals surface area (Å²) in [6.45, 7) is 0. The molecule has 5 aromatic carbocycles. The van der Waals surface area contributed by atoms with Gasteiger partial charge in [-0.1, -0.05) is 60.7 Å². The largest absolute Gasteiger partial charge is 0.507 e. The Bertz CT molecular complexity index is 1140. The molecule has 0 spiro atoms. The zero-order valence-electron chi connectivity index (χ0n) is 11.3. The van der Waals surface area contributed by atoms with Crippen LogP contribution in [0.1, 0.15) is 0 Å². The molecular weight excluding hydrogens is 256 g/mol. The SMILES string of the molecule is Oc1cccc2c3cccc4ccc5cccc(c12)c5c43. The van der Waals surface area contributed by atoms with Gasteiger partial charge in [0.15, 0.2) is 0 Å². The summed E-state index contributed by atoms with van der Waals surface area (Å²) in [5, 5.41) is 19.8. The highest BCUT2D eigenvalue weighted by Crippen LogP contribution is 2.42. The minimum atomic E-state index is 0.353.